The molecular formula is C16H18ClFN2O. The van der Waals surface area contributed by atoms with Crippen LogP contribution in [0.5, 0.6) is 5.75 Å². The molecule has 0 radical (unpaired) electrons. The second kappa shape index (κ2) is 6.78. The number of anilines is 1. The van der Waals surface area contributed by atoms with Crippen LogP contribution in [0.25, 0.3) is 0 Å². The van der Waals surface area contributed by atoms with E-state index in [1.54, 1.807) is 19.2 Å². The van der Waals surface area contributed by atoms with Crippen molar-refractivity contribution in [3.8, 4) is 5.75 Å². The minimum atomic E-state index is -0.275. The van der Waals surface area contributed by atoms with Gasteiger partial charge in [0.2, 0.25) is 0 Å². The van der Waals surface area contributed by atoms with Gasteiger partial charge in [0.15, 0.2) is 0 Å². The summed E-state index contributed by atoms with van der Waals surface area (Å²) in [6, 6.07) is 11.9. The van der Waals surface area contributed by atoms with E-state index in [9.17, 15) is 4.39 Å². The second-order valence-electron chi connectivity index (χ2n) is 4.74. The van der Waals surface area contributed by atoms with Crippen LogP contribution in [0.2, 0.25) is 5.02 Å². The normalized spacial score (nSPS) is 12.0. The Balaban J connectivity index is 2.32. The number of nitrogens with zero attached hydrogens (tertiary/aromatic N) is 1. The van der Waals surface area contributed by atoms with Gasteiger partial charge < -0.3 is 15.4 Å². The molecule has 0 saturated heterocycles. The molecule has 2 N–H and O–H groups in total. The maximum atomic E-state index is 13.4. The van der Waals surface area contributed by atoms with E-state index in [1.807, 2.05) is 30.1 Å². The molecule has 21 heavy (non-hydrogen) atoms. The third kappa shape index (κ3) is 3.46. The molecule has 0 aliphatic heterocycles. The molecule has 0 amide bonds. The number of rotatable bonds is 5. The third-order valence-electron chi connectivity index (χ3n) is 3.47. The average Bonchev–Trinajstić information content (AvgIpc) is 2.48. The van der Waals surface area contributed by atoms with Crippen LogP contribution in [-0.2, 0) is 0 Å². The number of methoxy groups -OCH3 is 1. The largest absolute Gasteiger partial charge is 0.495 e. The SMILES string of the molecule is COc1ccc(C(CN)N(C)c2cccc(F)c2)cc1Cl. The van der Waals surface area contributed by atoms with Gasteiger partial charge in [-0.3, -0.25) is 0 Å². The Bertz CT molecular complexity index is 621. The van der Waals surface area contributed by atoms with Gasteiger partial charge in [-0.2, -0.15) is 0 Å². The summed E-state index contributed by atoms with van der Waals surface area (Å²) < 4.78 is 18.5. The Morgan fingerprint density at radius 2 is 2.05 bits per heavy atom. The van der Waals surface area contributed by atoms with Crippen molar-refractivity contribution >= 4 is 17.3 Å². The maximum Gasteiger partial charge on any atom is 0.137 e. The molecule has 0 heterocycles. The molecular weight excluding hydrogens is 291 g/mol. The van der Waals surface area contributed by atoms with E-state index in [0.29, 0.717) is 17.3 Å². The molecule has 0 saturated carbocycles. The number of likely N-dealkylation sites (N-methyl/N-ethyl adjacent to an activating group) is 1. The van der Waals surface area contributed by atoms with E-state index < -0.39 is 0 Å². The molecule has 3 nitrogen and oxygen atoms in total. The van der Waals surface area contributed by atoms with Gasteiger partial charge in [0.05, 0.1) is 18.2 Å². The lowest BCUT2D eigenvalue weighted by Gasteiger charge is -2.29. The molecule has 0 spiro atoms. The number of ether oxygens (including phenoxy) is 1. The zero-order valence-electron chi connectivity index (χ0n) is 12.0. The first-order valence-electron chi connectivity index (χ1n) is 6.58. The van der Waals surface area contributed by atoms with Crippen molar-refractivity contribution in [2.45, 2.75) is 6.04 Å². The molecule has 0 aliphatic rings. The minimum Gasteiger partial charge on any atom is -0.495 e. The molecule has 0 fully saturated rings. The molecule has 1 atom stereocenters. The lowest BCUT2D eigenvalue weighted by Crippen LogP contribution is -2.30. The first kappa shape index (κ1) is 15.6. The second-order valence-corrected chi connectivity index (χ2v) is 5.14. The van der Waals surface area contributed by atoms with Crippen molar-refractivity contribution in [3.05, 3.63) is 58.9 Å². The van der Waals surface area contributed by atoms with Gasteiger partial charge in [-0.05, 0) is 35.9 Å². The molecule has 2 aromatic carbocycles. The Morgan fingerprint density at radius 3 is 2.62 bits per heavy atom. The average molecular weight is 309 g/mol. The zero-order chi connectivity index (χ0) is 15.4. The molecule has 0 aliphatic carbocycles. The fraction of sp³-hybridized carbons (Fsp3) is 0.250. The van der Waals surface area contributed by atoms with Crippen LogP contribution >= 0.6 is 11.6 Å². The van der Waals surface area contributed by atoms with Crippen molar-refractivity contribution in [3.63, 3.8) is 0 Å². The van der Waals surface area contributed by atoms with Crippen molar-refractivity contribution in [2.75, 3.05) is 25.6 Å². The lowest BCUT2D eigenvalue weighted by atomic mass is 10.0. The fourth-order valence-electron chi connectivity index (χ4n) is 2.28. The first-order valence-corrected chi connectivity index (χ1v) is 6.96. The number of halogens is 2. The lowest BCUT2D eigenvalue weighted by molar-refractivity contribution is 0.414. The van der Waals surface area contributed by atoms with Gasteiger partial charge in [0.25, 0.3) is 0 Å². The number of benzene rings is 2. The Kier molecular flexibility index (Phi) is 5.04. The Labute approximate surface area is 129 Å². The Hall–Kier alpha value is -1.78. The van der Waals surface area contributed by atoms with Crippen LogP contribution in [0.15, 0.2) is 42.5 Å². The Morgan fingerprint density at radius 1 is 1.29 bits per heavy atom. The van der Waals surface area contributed by atoms with E-state index in [1.165, 1.54) is 12.1 Å². The number of nitrogens with two attached hydrogens (primary N) is 1. The standard InChI is InChI=1S/C16H18ClFN2O/c1-20(13-5-3-4-12(18)9-13)15(10-19)11-6-7-16(21-2)14(17)8-11/h3-9,15H,10,19H2,1-2H3. The van der Waals surface area contributed by atoms with Gasteiger partial charge in [0, 0.05) is 19.3 Å². The maximum absolute atomic E-state index is 13.4. The van der Waals surface area contributed by atoms with Gasteiger partial charge in [-0.15, -0.1) is 0 Å². The monoisotopic (exact) mass is 308 g/mol. The summed E-state index contributed by atoms with van der Waals surface area (Å²) >= 11 is 6.16. The van der Waals surface area contributed by atoms with Gasteiger partial charge in [0.1, 0.15) is 11.6 Å². The molecule has 112 valence electrons. The van der Waals surface area contributed by atoms with Crippen molar-refractivity contribution < 1.29 is 9.13 Å². The number of hydrogen-bond donors (Lipinski definition) is 1. The highest BCUT2D eigenvalue weighted by atomic mass is 35.5. The number of hydrogen-bond acceptors (Lipinski definition) is 3. The molecule has 2 aromatic rings. The quantitative estimate of drug-likeness (QED) is 0.917. The van der Waals surface area contributed by atoms with Gasteiger partial charge in [-0.1, -0.05) is 23.7 Å². The smallest absolute Gasteiger partial charge is 0.137 e. The van der Waals surface area contributed by atoms with E-state index in [2.05, 4.69) is 0 Å². The topological polar surface area (TPSA) is 38.5 Å². The van der Waals surface area contributed by atoms with Crippen LogP contribution in [0, 0.1) is 5.82 Å². The van der Waals surface area contributed by atoms with Crippen molar-refractivity contribution in [1.82, 2.24) is 0 Å². The summed E-state index contributed by atoms with van der Waals surface area (Å²) in [6.45, 7) is 0.385. The summed E-state index contributed by atoms with van der Waals surface area (Å²) in [6.07, 6.45) is 0. The first-order chi connectivity index (χ1) is 10.1. The highest BCUT2D eigenvalue weighted by Gasteiger charge is 2.17. The van der Waals surface area contributed by atoms with Crippen LogP contribution < -0.4 is 15.4 Å². The predicted octanol–water partition coefficient (Wildman–Crippen LogP) is 3.62. The molecule has 1 unspecified atom stereocenters. The van der Waals surface area contributed by atoms with Gasteiger partial charge in [-0.25, -0.2) is 4.39 Å². The molecule has 0 aromatic heterocycles. The minimum absolute atomic E-state index is 0.102. The van der Waals surface area contributed by atoms with E-state index in [4.69, 9.17) is 22.1 Å². The van der Waals surface area contributed by atoms with Crippen LogP contribution in [-0.4, -0.2) is 20.7 Å². The van der Waals surface area contributed by atoms with Crippen LogP contribution in [0.4, 0.5) is 10.1 Å². The highest BCUT2D eigenvalue weighted by molar-refractivity contribution is 6.32. The summed E-state index contributed by atoms with van der Waals surface area (Å²) in [5.74, 6) is 0.340. The fourth-order valence-corrected chi connectivity index (χ4v) is 2.55. The van der Waals surface area contributed by atoms with E-state index >= 15 is 0 Å². The third-order valence-corrected chi connectivity index (χ3v) is 3.76. The summed E-state index contributed by atoms with van der Waals surface area (Å²) in [7, 11) is 3.45. The zero-order valence-corrected chi connectivity index (χ0v) is 12.8. The van der Waals surface area contributed by atoms with E-state index in [0.717, 1.165) is 11.3 Å². The van der Waals surface area contributed by atoms with Crippen molar-refractivity contribution in [1.29, 1.82) is 0 Å². The molecule has 5 heteroatoms. The molecule has 2 rings (SSSR count). The summed E-state index contributed by atoms with van der Waals surface area (Å²) in [4.78, 5) is 1.93. The van der Waals surface area contributed by atoms with Crippen LogP contribution in [0.1, 0.15) is 11.6 Å². The summed E-state index contributed by atoms with van der Waals surface area (Å²) in [5.41, 5.74) is 7.61. The van der Waals surface area contributed by atoms with Crippen LogP contribution in [0.3, 0.4) is 0 Å². The molecule has 0 bridgehead atoms. The van der Waals surface area contributed by atoms with Crippen molar-refractivity contribution in [2.24, 2.45) is 5.73 Å². The van der Waals surface area contributed by atoms with E-state index in [-0.39, 0.29) is 11.9 Å². The highest BCUT2D eigenvalue weighted by Crippen LogP contribution is 2.31. The summed E-state index contributed by atoms with van der Waals surface area (Å²) in [5, 5.41) is 0.529. The van der Waals surface area contributed by atoms with Gasteiger partial charge >= 0.3 is 0 Å². The predicted molar refractivity (Wildman–Crippen MR) is 84.6 cm³/mol.